The Balaban J connectivity index is 1.32. The lowest BCUT2D eigenvalue weighted by molar-refractivity contribution is -0.183. The van der Waals surface area contributed by atoms with Crippen molar-refractivity contribution in [1.29, 1.82) is 0 Å². The van der Waals surface area contributed by atoms with Crippen molar-refractivity contribution in [2.24, 2.45) is 7.05 Å². The van der Waals surface area contributed by atoms with Crippen LogP contribution in [0, 0.1) is 0 Å². The number of aryl methyl sites for hydroxylation is 1. The number of alkyl halides is 2. The number of hydrogen-bond donors (Lipinski definition) is 2. The quantitative estimate of drug-likeness (QED) is 0.599. The number of aromatic amines is 1. The number of carbonyl (C=O) groups excluding carboxylic acids is 1. The zero-order chi connectivity index (χ0) is 22.1. The molecular weight excluding hydrogens is 408 g/mol. The summed E-state index contributed by atoms with van der Waals surface area (Å²) in [5.74, 6) is 0.474. The average molecular weight is 431 g/mol. The minimum atomic E-state index is -2.74. The van der Waals surface area contributed by atoms with E-state index in [0.717, 1.165) is 16.9 Å². The number of imidazole rings is 1. The van der Waals surface area contributed by atoms with Crippen molar-refractivity contribution in [2.75, 3.05) is 11.9 Å². The molecule has 0 radical (unpaired) electrons. The fourth-order valence-electron chi connectivity index (χ4n) is 3.69. The molecule has 2 aromatic heterocycles. The van der Waals surface area contributed by atoms with Gasteiger partial charge in [-0.25, -0.2) is 9.78 Å². The topological polar surface area (TPSA) is 92.2 Å². The summed E-state index contributed by atoms with van der Waals surface area (Å²) in [7, 11) is 3.53. The van der Waals surface area contributed by atoms with Gasteiger partial charge in [0.2, 0.25) is 0 Å². The number of pyridine rings is 1. The van der Waals surface area contributed by atoms with Crippen molar-refractivity contribution < 1.29 is 18.3 Å². The van der Waals surface area contributed by atoms with E-state index in [4.69, 9.17) is 0 Å². The number of benzene rings is 1. The van der Waals surface area contributed by atoms with Crippen LogP contribution in [0.1, 0.15) is 28.8 Å². The van der Waals surface area contributed by atoms with E-state index >= 15 is 0 Å². The number of rotatable bonds is 7. The Kier molecular flexibility index (Phi) is 5.73. The standard InChI is InChI=1S/C21H23F2N5O3/c1-27(14-8-15(9-14)31-20(22)23)18-6-3-12(10-24-18)11-25-19(29)13-4-5-17-16(7-13)26-21(30)28(17)2/h3-7,10,14-15,20H,8-9,11H2,1-2H3,(H,25,29)(H,26,30). The number of aromatic nitrogens is 3. The zero-order valence-electron chi connectivity index (χ0n) is 17.1. The largest absolute Gasteiger partial charge is 0.357 e. The van der Waals surface area contributed by atoms with Gasteiger partial charge in [0.15, 0.2) is 0 Å². The number of H-pyrrole nitrogens is 1. The van der Waals surface area contributed by atoms with Crippen LogP contribution >= 0.6 is 0 Å². The van der Waals surface area contributed by atoms with Gasteiger partial charge in [-0.3, -0.25) is 9.36 Å². The summed E-state index contributed by atoms with van der Waals surface area (Å²) in [5, 5.41) is 2.84. The van der Waals surface area contributed by atoms with E-state index in [2.05, 4.69) is 20.0 Å². The second-order valence-corrected chi connectivity index (χ2v) is 7.68. The van der Waals surface area contributed by atoms with E-state index in [-0.39, 0.29) is 17.6 Å². The van der Waals surface area contributed by atoms with Crippen LogP contribution in [0.5, 0.6) is 0 Å². The third-order valence-electron chi connectivity index (χ3n) is 5.70. The molecule has 10 heteroatoms. The minimum absolute atomic E-state index is 0.112. The van der Waals surface area contributed by atoms with Crippen molar-refractivity contribution in [3.63, 3.8) is 0 Å². The van der Waals surface area contributed by atoms with Crippen LogP contribution < -0.4 is 15.9 Å². The van der Waals surface area contributed by atoms with E-state index < -0.39 is 12.7 Å². The molecule has 2 heterocycles. The summed E-state index contributed by atoms with van der Waals surface area (Å²) in [5.41, 5.74) is 2.37. The van der Waals surface area contributed by atoms with Gasteiger partial charge in [0.05, 0.1) is 17.1 Å². The van der Waals surface area contributed by atoms with Crippen LogP contribution in [0.25, 0.3) is 11.0 Å². The Morgan fingerprint density at radius 1 is 1.35 bits per heavy atom. The van der Waals surface area contributed by atoms with Crippen molar-refractivity contribution in [3.8, 4) is 0 Å². The lowest BCUT2D eigenvalue weighted by Gasteiger charge is -2.41. The first-order valence-corrected chi connectivity index (χ1v) is 9.90. The van der Waals surface area contributed by atoms with E-state index in [0.29, 0.717) is 30.5 Å². The Bertz CT molecular complexity index is 1140. The molecule has 1 aromatic carbocycles. The molecule has 0 aliphatic heterocycles. The molecule has 1 aliphatic rings. The van der Waals surface area contributed by atoms with Crippen molar-refractivity contribution in [2.45, 2.75) is 38.1 Å². The van der Waals surface area contributed by atoms with Gasteiger partial charge in [-0.2, -0.15) is 8.78 Å². The molecule has 2 N–H and O–H groups in total. The van der Waals surface area contributed by atoms with Crippen LogP contribution in [0.15, 0.2) is 41.3 Å². The lowest BCUT2D eigenvalue weighted by atomic mass is 9.88. The number of anilines is 1. The molecule has 164 valence electrons. The third-order valence-corrected chi connectivity index (χ3v) is 5.70. The SMILES string of the molecule is CN(c1ccc(CNC(=O)c2ccc3c(c2)[nH]c(=O)n3C)cn1)C1CC(OC(F)F)C1. The van der Waals surface area contributed by atoms with Crippen LogP contribution in [0.2, 0.25) is 0 Å². The fraction of sp³-hybridized carbons (Fsp3) is 0.381. The highest BCUT2D eigenvalue weighted by molar-refractivity contribution is 5.97. The molecule has 4 rings (SSSR count). The predicted molar refractivity (Wildman–Crippen MR) is 111 cm³/mol. The van der Waals surface area contributed by atoms with Gasteiger partial charge in [0.25, 0.3) is 5.91 Å². The molecule has 0 atom stereocenters. The maximum atomic E-state index is 12.5. The Labute approximate surface area is 176 Å². The number of fused-ring (bicyclic) bond motifs is 1. The Morgan fingerprint density at radius 3 is 2.81 bits per heavy atom. The van der Waals surface area contributed by atoms with E-state index in [9.17, 15) is 18.4 Å². The number of carbonyl (C=O) groups is 1. The van der Waals surface area contributed by atoms with Crippen LogP contribution in [-0.2, 0) is 18.3 Å². The van der Waals surface area contributed by atoms with E-state index in [1.165, 1.54) is 4.57 Å². The number of nitrogens with zero attached hydrogens (tertiary/aromatic N) is 3. The van der Waals surface area contributed by atoms with Gasteiger partial charge < -0.3 is 19.9 Å². The first kappa shape index (κ1) is 21.0. The number of amides is 1. The minimum Gasteiger partial charge on any atom is -0.357 e. The smallest absolute Gasteiger partial charge is 0.345 e. The second kappa shape index (κ2) is 8.46. The van der Waals surface area contributed by atoms with Crippen LogP contribution in [-0.4, -0.2) is 46.2 Å². The predicted octanol–water partition coefficient (Wildman–Crippen LogP) is 2.40. The molecule has 1 aliphatic carbocycles. The first-order chi connectivity index (χ1) is 14.8. The molecular formula is C21H23F2N5O3. The summed E-state index contributed by atoms with van der Waals surface area (Å²) in [6, 6.07) is 8.86. The van der Waals surface area contributed by atoms with Gasteiger partial charge in [0.1, 0.15) is 5.82 Å². The van der Waals surface area contributed by atoms with Crippen molar-refractivity contribution in [3.05, 3.63) is 58.1 Å². The summed E-state index contributed by atoms with van der Waals surface area (Å²) in [6.07, 6.45) is 2.35. The molecule has 0 saturated heterocycles. The maximum absolute atomic E-state index is 12.5. The second-order valence-electron chi connectivity index (χ2n) is 7.68. The average Bonchev–Trinajstić information content (AvgIpc) is 3.01. The molecule has 0 spiro atoms. The summed E-state index contributed by atoms with van der Waals surface area (Å²) < 4.78 is 30.5. The summed E-state index contributed by atoms with van der Waals surface area (Å²) in [6.45, 7) is -2.44. The fourth-order valence-corrected chi connectivity index (χ4v) is 3.69. The van der Waals surface area contributed by atoms with Crippen LogP contribution in [0.3, 0.4) is 0 Å². The molecule has 0 bridgehead atoms. The molecule has 1 fully saturated rings. The first-order valence-electron chi connectivity index (χ1n) is 9.90. The van der Waals surface area contributed by atoms with E-state index in [1.54, 1.807) is 31.4 Å². The highest BCUT2D eigenvalue weighted by Gasteiger charge is 2.35. The lowest BCUT2D eigenvalue weighted by Crippen LogP contribution is -2.47. The van der Waals surface area contributed by atoms with Crippen LogP contribution in [0.4, 0.5) is 14.6 Å². The molecule has 31 heavy (non-hydrogen) atoms. The number of nitrogens with one attached hydrogen (secondary N) is 2. The molecule has 3 aromatic rings. The number of ether oxygens (including phenoxy) is 1. The van der Waals surface area contributed by atoms with Crippen molar-refractivity contribution >= 4 is 22.8 Å². The maximum Gasteiger partial charge on any atom is 0.345 e. The molecule has 1 amide bonds. The molecule has 8 nitrogen and oxygen atoms in total. The normalized spacial score (nSPS) is 18.2. The van der Waals surface area contributed by atoms with Gasteiger partial charge in [-0.1, -0.05) is 6.07 Å². The molecule has 1 saturated carbocycles. The Hall–Kier alpha value is -3.27. The summed E-state index contributed by atoms with van der Waals surface area (Å²) >= 11 is 0. The highest BCUT2D eigenvalue weighted by atomic mass is 19.3. The monoisotopic (exact) mass is 431 g/mol. The van der Waals surface area contributed by atoms with Gasteiger partial charge in [-0.15, -0.1) is 0 Å². The van der Waals surface area contributed by atoms with Crippen molar-refractivity contribution in [1.82, 2.24) is 19.9 Å². The van der Waals surface area contributed by atoms with Gasteiger partial charge in [0, 0.05) is 38.4 Å². The van der Waals surface area contributed by atoms with E-state index in [1.807, 2.05) is 24.1 Å². The highest BCUT2D eigenvalue weighted by Crippen LogP contribution is 2.31. The number of hydrogen-bond acceptors (Lipinski definition) is 5. The zero-order valence-corrected chi connectivity index (χ0v) is 17.1. The van der Waals surface area contributed by atoms with Gasteiger partial charge >= 0.3 is 12.3 Å². The molecule has 0 unspecified atom stereocenters. The summed E-state index contributed by atoms with van der Waals surface area (Å²) in [4.78, 5) is 33.2. The Morgan fingerprint density at radius 2 is 2.13 bits per heavy atom. The van der Waals surface area contributed by atoms with Gasteiger partial charge in [-0.05, 0) is 42.7 Å². The number of halogens is 2. The third kappa shape index (κ3) is 4.43.